The smallest absolute Gasteiger partial charge is 0.383 e. The number of halogens is 4. The standard InChI is InChI=1S/C14H19F3N2O2S.ClH/c1-10-3-4-12(22-9-14(15,16)17)11(7-10)19-13(20)8-18-5-6-21-2;/h3-4,7,18H,5-6,8-9H2,1-2H3,(H,19,20);1H. The Morgan fingerprint density at radius 3 is 2.65 bits per heavy atom. The van der Waals surface area contributed by atoms with Crippen molar-refractivity contribution >= 4 is 35.8 Å². The lowest BCUT2D eigenvalue weighted by molar-refractivity contribution is -0.115. The Labute approximate surface area is 143 Å². The van der Waals surface area contributed by atoms with Crippen LogP contribution in [0.3, 0.4) is 0 Å². The van der Waals surface area contributed by atoms with Crippen LogP contribution in [0, 0.1) is 6.92 Å². The van der Waals surface area contributed by atoms with Gasteiger partial charge in [-0.15, -0.1) is 24.2 Å². The van der Waals surface area contributed by atoms with Crippen molar-refractivity contribution in [2.75, 3.05) is 37.9 Å². The van der Waals surface area contributed by atoms with Crippen LogP contribution in [0.4, 0.5) is 18.9 Å². The van der Waals surface area contributed by atoms with Gasteiger partial charge in [-0.25, -0.2) is 0 Å². The van der Waals surface area contributed by atoms with E-state index in [0.29, 0.717) is 35.5 Å². The van der Waals surface area contributed by atoms with Crippen molar-refractivity contribution in [2.45, 2.75) is 18.0 Å². The number of rotatable bonds is 8. The molecule has 0 bridgehead atoms. The molecular weight excluding hydrogens is 353 g/mol. The number of nitrogens with one attached hydrogen (secondary N) is 2. The molecular formula is C14H20ClF3N2O2S. The third-order valence-electron chi connectivity index (χ3n) is 2.57. The molecule has 0 aliphatic carbocycles. The third kappa shape index (κ3) is 9.70. The molecule has 9 heteroatoms. The Kier molecular flexibility index (Phi) is 10.3. The van der Waals surface area contributed by atoms with Crippen molar-refractivity contribution in [3.63, 3.8) is 0 Å². The Hall–Kier alpha value is -0.960. The average Bonchev–Trinajstić information content (AvgIpc) is 2.42. The molecule has 0 saturated heterocycles. The number of methoxy groups -OCH3 is 1. The van der Waals surface area contributed by atoms with E-state index < -0.39 is 11.9 Å². The quantitative estimate of drug-likeness (QED) is 0.543. The van der Waals surface area contributed by atoms with Crippen molar-refractivity contribution in [1.82, 2.24) is 5.32 Å². The lowest BCUT2D eigenvalue weighted by atomic mass is 10.2. The van der Waals surface area contributed by atoms with Gasteiger partial charge in [-0.1, -0.05) is 6.07 Å². The first-order chi connectivity index (χ1) is 10.3. The molecule has 23 heavy (non-hydrogen) atoms. The van der Waals surface area contributed by atoms with Crippen molar-refractivity contribution < 1.29 is 22.7 Å². The number of benzene rings is 1. The number of aryl methyl sites for hydroxylation is 1. The summed E-state index contributed by atoms with van der Waals surface area (Å²) >= 11 is 0.657. The highest BCUT2D eigenvalue weighted by atomic mass is 35.5. The van der Waals surface area contributed by atoms with Gasteiger partial charge in [-0.2, -0.15) is 13.2 Å². The Bertz CT molecular complexity index is 501. The fourth-order valence-corrected chi connectivity index (χ4v) is 2.35. The lowest BCUT2D eigenvalue weighted by Crippen LogP contribution is -2.30. The number of ether oxygens (including phenoxy) is 1. The second-order valence-corrected chi connectivity index (χ2v) is 5.64. The van der Waals surface area contributed by atoms with Crippen LogP contribution in [0.25, 0.3) is 0 Å². The molecule has 0 unspecified atom stereocenters. The number of anilines is 1. The molecule has 1 rings (SSSR count). The van der Waals surface area contributed by atoms with E-state index in [4.69, 9.17) is 4.74 Å². The SMILES string of the molecule is COCCNCC(=O)Nc1cc(C)ccc1SCC(F)(F)F.Cl. The van der Waals surface area contributed by atoms with Gasteiger partial charge in [0.05, 0.1) is 24.6 Å². The van der Waals surface area contributed by atoms with Crippen molar-refractivity contribution in [1.29, 1.82) is 0 Å². The highest BCUT2D eigenvalue weighted by molar-refractivity contribution is 7.99. The summed E-state index contributed by atoms with van der Waals surface area (Å²) in [6.07, 6.45) is -4.25. The van der Waals surface area contributed by atoms with Gasteiger partial charge in [0.15, 0.2) is 0 Å². The molecule has 4 nitrogen and oxygen atoms in total. The predicted molar refractivity (Wildman–Crippen MR) is 88.6 cm³/mol. The summed E-state index contributed by atoms with van der Waals surface area (Å²) in [4.78, 5) is 12.2. The maximum atomic E-state index is 12.3. The van der Waals surface area contributed by atoms with Crippen LogP contribution in [0.15, 0.2) is 23.1 Å². The topological polar surface area (TPSA) is 50.4 Å². The number of carbonyl (C=O) groups is 1. The molecule has 1 aromatic rings. The van der Waals surface area contributed by atoms with Crippen molar-refractivity contribution in [2.24, 2.45) is 0 Å². The summed E-state index contributed by atoms with van der Waals surface area (Å²) in [6, 6.07) is 4.96. The monoisotopic (exact) mass is 372 g/mol. The van der Waals surface area contributed by atoms with Gasteiger partial charge in [0.2, 0.25) is 5.91 Å². The van der Waals surface area contributed by atoms with Crippen LogP contribution in [0.1, 0.15) is 5.56 Å². The van der Waals surface area contributed by atoms with E-state index >= 15 is 0 Å². The zero-order valence-corrected chi connectivity index (χ0v) is 14.5. The molecule has 0 spiro atoms. The first kappa shape index (κ1) is 22.0. The van der Waals surface area contributed by atoms with Crippen molar-refractivity contribution in [3.05, 3.63) is 23.8 Å². The van der Waals surface area contributed by atoms with Crippen LogP contribution in [0.2, 0.25) is 0 Å². The van der Waals surface area contributed by atoms with E-state index in [9.17, 15) is 18.0 Å². The van der Waals surface area contributed by atoms with Crippen LogP contribution >= 0.6 is 24.2 Å². The van der Waals surface area contributed by atoms with E-state index in [1.54, 1.807) is 25.3 Å². The molecule has 1 amide bonds. The predicted octanol–water partition coefficient (Wildman–Crippen LogP) is 3.25. The van der Waals surface area contributed by atoms with Gasteiger partial charge >= 0.3 is 6.18 Å². The summed E-state index contributed by atoms with van der Waals surface area (Å²) in [7, 11) is 1.55. The van der Waals surface area contributed by atoms with Gasteiger partial charge in [0.25, 0.3) is 0 Å². The Balaban J connectivity index is 0.00000484. The number of carbonyl (C=O) groups excluding carboxylic acids is 1. The van der Waals surface area contributed by atoms with Gasteiger partial charge in [-0.3, -0.25) is 4.79 Å². The first-order valence-electron chi connectivity index (χ1n) is 6.61. The van der Waals surface area contributed by atoms with Crippen LogP contribution < -0.4 is 10.6 Å². The Morgan fingerprint density at radius 2 is 2.04 bits per heavy atom. The summed E-state index contributed by atoms with van der Waals surface area (Å²) < 4.78 is 41.8. The summed E-state index contributed by atoms with van der Waals surface area (Å²) in [5, 5.41) is 5.51. The number of hydrogen-bond acceptors (Lipinski definition) is 4. The molecule has 0 aliphatic heterocycles. The van der Waals surface area contributed by atoms with Gasteiger partial charge in [0, 0.05) is 18.6 Å². The highest BCUT2D eigenvalue weighted by Crippen LogP contribution is 2.32. The third-order valence-corrected chi connectivity index (χ3v) is 3.71. The number of amides is 1. The van der Waals surface area contributed by atoms with Crippen LogP contribution in [0.5, 0.6) is 0 Å². The zero-order valence-electron chi connectivity index (χ0n) is 12.8. The number of hydrogen-bond donors (Lipinski definition) is 2. The molecule has 2 N–H and O–H groups in total. The van der Waals surface area contributed by atoms with Crippen LogP contribution in [-0.4, -0.2) is 44.6 Å². The first-order valence-corrected chi connectivity index (χ1v) is 7.60. The van der Waals surface area contributed by atoms with Crippen molar-refractivity contribution in [3.8, 4) is 0 Å². The lowest BCUT2D eigenvalue weighted by Gasteiger charge is -2.13. The molecule has 0 aliphatic rings. The fraction of sp³-hybridized carbons (Fsp3) is 0.500. The normalized spacial score (nSPS) is 11.0. The van der Waals surface area contributed by atoms with Gasteiger partial charge in [-0.05, 0) is 24.6 Å². The van der Waals surface area contributed by atoms with Gasteiger partial charge < -0.3 is 15.4 Å². The summed E-state index contributed by atoms with van der Waals surface area (Å²) in [5.74, 6) is -1.30. The molecule has 0 saturated carbocycles. The highest BCUT2D eigenvalue weighted by Gasteiger charge is 2.27. The molecule has 132 valence electrons. The molecule has 0 atom stereocenters. The number of thioether (sulfide) groups is 1. The van der Waals surface area contributed by atoms with E-state index in [-0.39, 0.29) is 24.9 Å². The number of alkyl halides is 3. The van der Waals surface area contributed by atoms with E-state index in [2.05, 4.69) is 10.6 Å². The zero-order chi connectivity index (χ0) is 16.6. The van der Waals surface area contributed by atoms with E-state index in [1.807, 2.05) is 6.92 Å². The second-order valence-electron chi connectivity index (χ2n) is 4.62. The minimum absolute atomic E-state index is 0. The van der Waals surface area contributed by atoms with Gasteiger partial charge in [0.1, 0.15) is 0 Å². The summed E-state index contributed by atoms with van der Waals surface area (Å²) in [5.41, 5.74) is 1.26. The van der Waals surface area contributed by atoms with Crippen LogP contribution in [-0.2, 0) is 9.53 Å². The molecule has 1 aromatic carbocycles. The largest absolute Gasteiger partial charge is 0.398 e. The molecule has 0 aromatic heterocycles. The minimum Gasteiger partial charge on any atom is -0.383 e. The van der Waals surface area contributed by atoms with E-state index in [0.717, 1.165) is 5.56 Å². The fourth-order valence-electron chi connectivity index (χ4n) is 1.60. The maximum Gasteiger partial charge on any atom is 0.398 e. The maximum absolute atomic E-state index is 12.3. The Morgan fingerprint density at radius 1 is 1.35 bits per heavy atom. The second kappa shape index (κ2) is 10.7. The molecule has 0 radical (unpaired) electrons. The molecule has 0 heterocycles. The average molecular weight is 373 g/mol. The molecule has 0 fully saturated rings. The minimum atomic E-state index is -4.25. The summed E-state index contributed by atoms with van der Waals surface area (Å²) in [6.45, 7) is 2.88. The van der Waals surface area contributed by atoms with E-state index in [1.165, 1.54) is 0 Å².